The summed E-state index contributed by atoms with van der Waals surface area (Å²) in [6.07, 6.45) is 1.29. The van der Waals surface area contributed by atoms with E-state index >= 15 is 0 Å². The number of carbonyl (C=O) groups is 1. The zero-order valence-electron chi connectivity index (χ0n) is 8.95. The Morgan fingerprint density at radius 2 is 2.06 bits per heavy atom. The van der Waals surface area contributed by atoms with Crippen molar-refractivity contribution in [3.05, 3.63) is 35.1 Å². The maximum absolute atomic E-state index is 13.4. The van der Waals surface area contributed by atoms with E-state index < -0.39 is 21.7 Å². The van der Waals surface area contributed by atoms with Gasteiger partial charge in [0.15, 0.2) is 0 Å². The van der Waals surface area contributed by atoms with E-state index in [2.05, 4.69) is 0 Å². The lowest BCUT2D eigenvalue weighted by molar-refractivity contribution is 0.0977. The van der Waals surface area contributed by atoms with Crippen LogP contribution in [-0.4, -0.2) is 20.6 Å². The molecule has 16 heavy (non-hydrogen) atoms. The van der Waals surface area contributed by atoms with Crippen molar-refractivity contribution in [1.29, 1.82) is 0 Å². The van der Waals surface area contributed by atoms with Gasteiger partial charge in [-0.05, 0) is 18.1 Å². The molecular weight excluding hydrogens is 233 g/mol. The van der Waals surface area contributed by atoms with Crippen molar-refractivity contribution in [2.45, 2.75) is 13.3 Å². The molecule has 1 rings (SSSR count). The third-order valence-electron chi connectivity index (χ3n) is 1.99. The van der Waals surface area contributed by atoms with Crippen LogP contribution in [0.4, 0.5) is 4.39 Å². The van der Waals surface area contributed by atoms with Crippen molar-refractivity contribution >= 4 is 15.9 Å². The van der Waals surface area contributed by atoms with Gasteiger partial charge in [0.25, 0.3) is 5.91 Å². The highest BCUT2D eigenvalue weighted by Gasteiger charge is 2.18. The summed E-state index contributed by atoms with van der Waals surface area (Å²) in [6.45, 7) is 1.76. The van der Waals surface area contributed by atoms with E-state index in [1.165, 1.54) is 6.07 Å². The fraction of sp³-hybridized carbons (Fsp3) is 0.300. The largest absolute Gasteiger partial charge is 0.268 e. The first kappa shape index (κ1) is 12.6. The van der Waals surface area contributed by atoms with Crippen molar-refractivity contribution in [3.8, 4) is 0 Å². The average Bonchev–Trinajstić information content (AvgIpc) is 2.14. The molecule has 1 amide bonds. The molecule has 0 aliphatic rings. The van der Waals surface area contributed by atoms with Gasteiger partial charge in [-0.15, -0.1) is 0 Å². The summed E-state index contributed by atoms with van der Waals surface area (Å²) in [5, 5.41) is 0. The number of halogens is 1. The second-order valence-electron chi connectivity index (χ2n) is 3.33. The van der Waals surface area contributed by atoms with Gasteiger partial charge < -0.3 is 0 Å². The molecule has 0 aliphatic heterocycles. The van der Waals surface area contributed by atoms with Crippen LogP contribution in [0.1, 0.15) is 22.8 Å². The quantitative estimate of drug-likeness (QED) is 0.866. The Morgan fingerprint density at radius 3 is 2.56 bits per heavy atom. The number of sulfonamides is 1. The van der Waals surface area contributed by atoms with Crippen molar-refractivity contribution in [2.24, 2.45) is 0 Å². The van der Waals surface area contributed by atoms with Crippen LogP contribution in [0.3, 0.4) is 0 Å². The van der Waals surface area contributed by atoms with Crippen LogP contribution in [0.5, 0.6) is 0 Å². The summed E-state index contributed by atoms with van der Waals surface area (Å²) in [5.41, 5.74) is 0.261. The molecule has 1 aromatic carbocycles. The van der Waals surface area contributed by atoms with Gasteiger partial charge in [0.1, 0.15) is 5.82 Å². The van der Waals surface area contributed by atoms with Crippen LogP contribution in [0, 0.1) is 5.82 Å². The minimum Gasteiger partial charge on any atom is -0.268 e. The van der Waals surface area contributed by atoms with Crippen molar-refractivity contribution < 1.29 is 17.6 Å². The lowest BCUT2D eigenvalue weighted by Gasteiger charge is -2.08. The zero-order valence-corrected chi connectivity index (χ0v) is 9.77. The molecule has 0 saturated heterocycles. The standard InChI is InChI=1S/C10H12FNO3S/c1-3-7-5-4-6-8(11)9(7)10(13)12-16(2,14)15/h4-6H,3H2,1-2H3,(H,12,13). The summed E-state index contributed by atoms with van der Waals surface area (Å²) in [7, 11) is -3.68. The summed E-state index contributed by atoms with van der Waals surface area (Å²) < 4.78 is 36.9. The van der Waals surface area contributed by atoms with Gasteiger partial charge in [-0.2, -0.15) is 0 Å². The molecule has 0 atom stereocenters. The molecule has 0 spiro atoms. The van der Waals surface area contributed by atoms with Crippen molar-refractivity contribution in [1.82, 2.24) is 4.72 Å². The van der Waals surface area contributed by atoms with Gasteiger partial charge in [0.2, 0.25) is 10.0 Å². The summed E-state index contributed by atoms with van der Waals surface area (Å²) in [5.74, 6) is -1.65. The number of hydrogen-bond donors (Lipinski definition) is 1. The molecule has 0 bridgehead atoms. The summed E-state index contributed by atoms with van der Waals surface area (Å²) in [4.78, 5) is 11.5. The minimum absolute atomic E-state index is 0.213. The zero-order chi connectivity index (χ0) is 12.3. The van der Waals surface area contributed by atoms with Crippen LogP contribution in [0.25, 0.3) is 0 Å². The van der Waals surface area contributed by atoms with E-state index in [0.29, 0.717) is 12.0 Å². The third kappa shape index (κ3) is 3.03. The summed E-state index contributed by atoms with van der Waals surface area (Å²) in [6, 6.07) is 4.18. The van der Waals surface area contributed by atoms with E-state index in [1.807, 2.05) is 0 Å². The fourth-order valence-corrected chi connectivity index (χ4v) is 1.78. The predicted molar refractivity (Wildman–Crippen MR) is 58.1 cm³/mol. The molecule has 1 N–H and O–H groups in total. The molecule has 0 fully saturated rings. The molecule has 4 nitrogen and oxygen atoms in total. The Balaban J connectivity index is 3.17. The molecule has 0 saturated carbocycles. The monoisotopic (exact) mass is 245 g/mol. The lowest BCUT2D eigenvalue weighted by Crippen LogP contribution is -2.30. The Kier molecular flexibility index (Phi) is 3.64. The average molecular weight is 245 g/mol. The van der Waals surface area contributed by atoms with Crippen LogP contribution < -0.4 is 4.72 Å². The second kappa shape index (κ2) is 4.61. The Hall–Kier alpha value is -1.43. The maximum Gasteiger partial charge on any atom is 0.267 e. The molecule has 0 heterocycles. The molecular formula is C10H12FNO3S. The SMILES string of the molecule is CCc1cccc(F)c1C(=O)NS(C)(=O)=O. The van der Waals surface area contributed by atoms with Gasteiger partial charge in [-0.3, -0.25) is 4.79 Å². The fourth-order valence-electron chi connectivity index (χ4n) is 1.34. The maximum atomic E-state index is 13.4. The Bertz CT molecular complexity index is 511. The van der Waals surface area contributed by atoms with Gasteiger partial charge in [-0.25, -0.2) is 17.5 Å². The van der Waals surface area contributed by atoms with Gasteiger partial charge >= 0.3 is 0 Å². The van der Waals surface area contributed by atoms with Crippen molar-refractivity contribution in [2.75, 3.05) is 6.26 Å². The highest BCUT2D eigenvalue weighted by atomic mass is 32.2. The third-order valence-corrected chi connectivity index (χ3v) is 2.54. The Labute approximate surface area is 93.5 Å². The van der Waals surface area contributed by atoms with Gasteiger partial charge in [-0.1, -0.05) is 19.1 Å². The second-order valence-corrected chi connectivity index (χ2v) is 5.08. The smallest absolute Gasteiger partial charge is 0.267 e. The molecule has 0 radical (unpaired) electrons. The highest BCUT2D eigenvalue weighted by molar-refractivity contribution is 7.89. The molecule has 1 aromatic rings. The molecule has 0 aromatic heterocycles. The number of hydrogen-bond acceptors (Lipinski definition) is 3. The van der Waals surface area contributed by atoms with Crippen molar-refractivity contribution in [3.63, 3.8) is 0 Å². The van der Waals surface area contributed by atoms with E-state index in [0.717, 1.165) is 12.3 Å². The van der Waals surface area contributed by atoms with Gasteiger partial charge in [0.05, 0.1) is 11.8 Å². The highest BCUT2D eigenvalue weighted by Crippen LogP contribution is 2.14. The molecule has 6 heteroatoms. The Morgan fingerprint density at radius 1 is 1.44 bits per heavy atom. The predicted octanol–water partition coefficient (Wildman–Crippen LogP) is 1.08. The topological polar surface area (TPSA) is 63.2 Å². The number of amides is 1. The number of benzene rings is 1. The molecule has 0 unspecified atom stereocenters. The van der Waals surface area contributed by atoms with E-state index in [4.69, 9.17) is 0 Å². The normalized spacial score (nSPS) is 11.2. The molecule has 88 valence electrons. The first-order valence-electron chi connectivity index (χ1n) is 4.64. The van der Waals surface area contributed by atoms with E-state index in [1.54, 1.807) is 17.7 Å². The van der Waals surface area contributed by atoms with Crippen LogP contribution >= 0.6 is 0 Å². The number of aryl methyl sites for hydroxylation is 1. The number of rotatable bonds is 3. The minimum atomic E-state index is -3.68. The van der Waals surface area contributed by atoms with Crippen LogP contribution in [0.15, 0.2) is 18.2 Å². The van der Waals surface area contributed by atoms with Crippen LogP contribution in [0.2, 0.25) is 0 Å². The summed E-state index contributed by atoms with van der Waals surface area (Å²) >= 11 is 0. The van der Waals surface area contributed by atoms with E-state index in [9.17, 15) is 17.6 Å². The lowest BCUT2D eigenvalue weighted by atomic mass is 10.0. The molecule has 0 aliphatic carbocycles. The number of carbonyl (C=O) groups excluding carboxylic acids is 1. The van der Waals surface area contributed by atoms with Gasteiger partial charge in [0, 0.05) is 0 Å². The van der Waals surface area contributed by atoms with E-state index in [-0.39, 0.29) is 5.56 Å². The first-order valence-corrected chi connectivity index (χ1v) is 6.53. The first-order chi connectivity index (χ1) is 7.35. The number of nitrogens with one attached hydrogen (secondary N) is 1. The van der Waals surface area contributed by atoms with Crippen LogP contribution in [-0.2, 0) is 16.4 Å².